The number of aromatic amines is 1. The number of terminal acetylenes is 1. The minimum absolute atomic E-state index is 0.115. The molecular weight excluding hydrogens is 333 g/mol. The van der Waals surface area contributed by atoms with Crippen molar-refractivity contribution >= 4 is 17.0 Å². The summed E-state index contributed by atoms with van der Waals surface area (Å²) < 4.78 is 38.8. The summed E-state index contributed by atoms with van der Waals surface area (Å²) >= 11 is 0. The minimum atomic E-state index is -4.53. The first-order chi connectivity index (χ1) is 11.9. The number of anilines is 1. The largest absolute Gasteiger partial charge is 0.417 e. The molecule has 0 saturated carbocycles. The minimum Gasteiger partial charge on any atom is -0.345 e. The van der Waals surface area contributed by atoms with Crippen LogP contribution in [0.3, 0.4) is 0 Å². The summed E-state index contributed by atoms with van der Waals surface area (Å²) in [6.07, 6.45) is 4.10. The van der Waals surface area contributed by atoms with E-state index in [4.69, 9.17) is 6.42 Å². The van der Waals surface area contributed by atoms with E-state index >= 15 is 0 Å². The third-order valence-electron chi connectivity index (χ3n) is 3.37. The molecule has 0 aliphatic carbocycles. The highest BCUT2D eigenvalue weighted by Crippen LogP contribution is 2.34. The second kappa shape index (κ2) is 6.13. The zero-order chi connectivity index (χ0) is 18.0. The van der Waals surface area contributed by atoms with Crippen molar-refractivity contribution in [3.63, 3.8) is 0 Å². The second-order valence-electron chi connectivity index (χ2n) is 4.95. The van der Waals surface area contributed by atoms with E-state index in [1.807, 2.05) is 6.07 Å². The molecule has 0 unspecified atom stereocenters. The monoisotopic (exact) mass is 342 g/mol. The predicted octanol–water partition coefficient (Wildman–Crippen LogP) is 2.96. The zero-order valence-corrected chi connectivity index (χ0v) is 12.5. The smallest absolute Gasteiger partial charge is 0.345 e. The second-order valence-corrected chi connectivity index (χ2v) is 4.95. The molecule has 0 aliphatic rings. The molecular formula is C16H9F3N6. The van der Waals surface area contributed by atoms with Crippen molar-refractivity contribution in [2.24, 2.45) is 0 Å². The van der Waals surface area contributed by atoms with E-state index in [1.165, 1.54) is 12.4 Å². The summed E-state index contributed by atoms with van der Waals surface area (Å²) in [6, 6.07) is 2.89. The number of hydrogen-bond acceptors (Lipinski definition) is 5. The van der Waals surface area contributed by atoms with Gasteiger partial charge < -0.3 is 10.3 Å². The fourth-order valence-corrected chi connectivity index (χ4v) is 2.24. The van der Waals surface area contributed by atoms with Crippen LogP contribution in [0.1, 0.15) is 11.1 Å². The van der Waals surface area contributed by atoms with E-state index in [-0.39, 0.29) is 34.8 Å². The van der Waals surface area contributed by atoms with Crippen molar-refractivity contribution in [1.29, 1.82) is 5.26 Å². The Morgan fingerprint density at radius 3 is 2.76 bits per heavy atom. The molecule has 0 amide bonds. The summed E-state index contributed by atoms with van der Waals surface area (Å²) in [5.41, 5.74) is -0.0204. The number of alkyl halides is 3. The van der Waals surface area contributed by atoms with E-state index in [1.54, 1.807) is 0 Å². The van der Waals surface area contributed by atoms with Crippen molar-refractivity contribution in [3.05, 3.63) is 35.8 Å². The topological polar surface area (TPSA) is 90.3 Å². The van der Waals surface area contributed by atoms with Gasteiger partial charge in [0, 0.05) is 23.3 Å². The van der Waals surface area contributed by atoms with Crippen molar-refractivity contribution in [2.75, 3.05) is 11.9 Å². The maximum absolute atomic E-state index is 12.9. The molecule has 6 nitrogen and oxygen atoms in total. The van der Waals surface area contributed by atoms with Gasteiger partial charge in [0.2, 0.25) is 5.95 Å². The van der Waals surface area contributed by atoms with Gasteiger partial charge in [-0.2, -0.15) is 18.4 Å². The van der Waals surface area contributed by atoms with Crippen LogP contribution in [-0.4, -0.2) is 26.5 Å². The Morgan fingerprint density at radius 2 is 2.08 bits per heavy atom. The molecule has 0 saturated heterocycles. The van der Waals surface area contributed by atoms with Gasteiger partial charge in [-0.3, -0.25) is 0 Å². The maximum Gasteiger partial charge on any atom is 0.417 e. The number of halogens is 3. The number of nitrogens with one attached hydrogen (secondary N) is 2. The number of pyridine rings is 1. The van der Waals surface area contributed by atoms with Crippen molar-refractivity contribution in [3.8, 4) is 29.7 Å². The van der Waals surface area contributed by atoms with Crippen molar-refractivity contribution < 1.29 is 13.2 Å². The molecule has 3 aromatic rings. The van der Waals surface area contributed by atoms with Crippen LogP contribution in [0.25, 0.3) is 22.3 Å². The summed E-state index contributed by atoms with van der Waals surface area (Å²) in [4.78, 5) is 14.7. The maximum atomic E-state index is 12.9. The molecule has 0 aromatic carbocycles. The van der Waals surface area contributed by atoms with Crippen LogP contribution in [0.5, 0.6) is 0 Å². The SMILES string of the molecule is C#CCNc1ncc(C#N)c(-c2c[nH]c3ncc(C(F)(F)F)cc23)n1. The van der Waals surface area contributed by atoms with E-state index in [2.05, 4.69) is 31.2 Å². The van der Waals surface area contributed by atoms with Crippen molar-refractivity contribution in [2.45, 2.75) is 6.18 Å². The van der Waals surface area contributed by atoms with Gasteiger partial charge in [0.05, 0.1) is 29.6 Å². The first-order valence-corrected chi connectivity index (χ1v) is 6.93. The van der Waals surface area contributed by atoms with Gasteiger partial charge in [0.25, 0.3) is 0 Å². The third kappa shape index (κ3) is 3.08. The van der Waals surface area contributed by atoms with E-state index in [0.29, 0.717) is 5.56 Å². The lowest BCUT2D eigenvalue weighted by molar-refractivity contribution is -0.137. The van der Waals surface area contributed by atoms with Gasteiger partial charge >= 0.3 is 6.18 Å². The molecule has 3 rings (SSSR count). The Labute approximate surface area is 139 Å². The van der Waals surface area contributed by atoms with Gasteiger partial charge in [-0.1, -0.05) is 5.92 Å². The van der Waals surface area contributed by atoms with Gasteiger partial charge in [0.1, 0.15) is 11.7 Å². The lowest BCUT2D eigenvalue weighted by Gasteiger charge is -2.08. The Hall–Kier alpha value is -3.59. The molecule has 124 valence electrons. The fraction of sp³-hybridized carbons (Fsp3) is 0.125. The lowest BCUT2D eigenvalue weighted by atomic mass is 10.1. The molecule has 25 heavy (non-hydrogen) atoms. The average molecular weight is 342 g/mol. The van der Waals surface area contributed by atoms with Crippen LogP contribution in [-0.2, 0) is 6.18 Å². The molecule has 0 spiro atoms. The highest BCUT2D eigenvalue weighted by atomic mass is 19.4. The van der Waals surface area contributed by atoms with Crippen LogP contribution < -0.4 is 5.32 Å². The summed E-state index contributed by atoms with van der Waals surface area (Å²) in [7, 11) is 0. The lowest BCUT2D eigenvalue weighted by Crippen LogP contribution is -2.06. The Kier molecular flexibility index (Phi) is 3.99. The Morgan fingerprint density at radius 1 is 1.28 bits per heavy atom. The van der Waals surface area contributed by atoms with Crippen LogP contribution in [0.2, 0.25) is 0 Å². The number of nitrogens with zero attached hydrogens (tertiary/aromatic N) is 4. The molecule has 3 aromatic heterocycles. The first-order valence-electron chi connectivity index (χ1n) is 6.93. The normalized spacial score (nSPS) is 11.1. The molecule has 0 aliphatic heterocycles. The van der Waals surface area contributed by atoms with Crippen LogP contribution in [0.4, 0.5) is 19.1 Å². The van der Waals surface area contributed by atoms with Gasteiger partial charge in [-0.05, 0) is 6.07 Å². The zero-order valence-electron chi connectivity index (χ0n) is 12.5. The molecule has 3 heterocycles. The molecule has 0 radical (unpaired) electrons. The van der Waals surface area contributed by atoms with Gasteiger partial charge in [-0.25, -0.2) is 15.0 Å². The number of aromatic nitrogens is 4. The quantitative estimate of drug-likeness (QED) is 0.714. The van der Waals surface area contributed by atoms with Crippen LogP contribution in [0, 0.1) is 23.7 Å². The molecule has 2 N–H and O–H groups in total. The Balaban J connectivity index is 2.19. The van der Waals surface area contributed by atoms with Gasteiger partial charge in [0.15, 0.2) is 0 Å². The van der Waals surface area contributed by atoms with E-state index in [0.717, 1.165) is 12.3 Å². The van der Waals surface area contributed by atoms with Crippen LogP contribution in [0.15, 0.2) is 24.7 Å². The predicted molar refractivity (Wildman–Crippen MR) is 84.2 cm³/mol. The number of fused-ring (bicyclic) bond motifs is 1. The third-order valence-corrected chi connectivity index (χ3v) is 3.37. The Bertz CT molecular complexity index is 1020. The van der Waals surface area contributed by atoms with Gasteiger partial charge in [-0.15, -0.1) is 6.42 Å². The number of nitriles is 1. The fourth-order valence-electron chi connectivity index (χ4n) is 2.24. The highest BCUT2D eigenvalue weighted by Gasteiger charge is 2.31. The van der Waals surface area contributed by atoms with E-state index in [9.17, 15) is 18.4 Å². The molecule has 0 atom stereocenters. The van der Waals surface area contributed by atoms with Crippen LogP contribution >= 0.6 is 0 Å². The molecule has 0 bridgehead atoms. The highest BCUT2D eigenvalue weighted by molar-refractivity contribution is 5.94. The summed E-state index contributed by atoms with van der Waals surface area (Å²) in [6.45, 7) is 0.166. The summed E-state index contributed by atoms with van der Waals surface area (Å²) in [5.74, 6) is 2.52. The van der Waals surface area contributed by atoms with E-state index < -0.39 is 11.7 Å². The number of H-pyrrole nitrogens is 1. The first kappa shape index (κ1) is 16.3. The number of rotatable bonds is 3. The standard InChI is InChI=1S/C16H9F3N6/c1-2-3-21-15-24-6-9(5-20)13(25-15)12-8-23-14-11(12)4-10(7-22-14)16(17,18)19/h1,4,6-8H,3H2,(H,22,23)(H,21,24,25). The molecule has 0 fully saturated rings. The summed E-state index contributed by atoms with van der Waals surface area (Å²) in [5, 5.41) is 12.2. The molecule has 9 heteroatoms. The van der Waals surface area contributed by atoms with Crippen molar-refractivity contribution in [1.82, 2.24) is 19.9 Å². The average Bonchev–Trinajstić information content (AvgIpc) is 3.02. The number of hydrogen-bond donors (Lipinski definition) is 2.